The van der Waals surface area contributed by atoms with Crippen LogP contribution in [0.3, 0.4) is 0 Å². The Kier molecular flexibility index (Phi) is 6.28. The average molecular weight is 465 g/mol. The van der Waals surface area contributed by atoms with E-state index in [-0.39, 0.29) is 24.6 Å². The second-order valence-electron chi connectivity index (χ2n) is 7.58. The number of nitrogens with one attached hydrogen (secondary N) is 1. The number of benzene rings is 3. The number of carbonyl (C=O) groups excluding carboxylic acids is 1. The van der Waals surface area contributed by atoms with Crippen LogP contribution in [0.15, 0.2) is 66.7 Å². The van der Waals surface area contributed by atoms with Crippen LogP contribution in [0.4, 0.5) is 18.0 Å². The first kappa shape index (κ1) is 22.9. The lowest BCUT2D eigenvalue weighted by Gasteiger charge is -2.14. The molecule has 3 aromatic carbocycles. The minimum atomic E-state index is -4.71. The SMILES string of the molecule is O=C(NCC#Cc1cc(C(=O)O)cc(C(F)(F)F)c1)OCC1c2ccccc2-c2ccccc21. The van der Waals surface area contributed by atoms with Crippen molar-refractivity contribution in [3.8, 4) is 23.0 Å². The molecule has 0 saturated carbocycles. The van der Waals surface area contributed by atoms with Crippen LogP contribution in [-0.4, -0.2) is 30.3 Å². The van der Waals surface area contributed by atoms with Gasteiger partial charge in [-0.15, -0.1) is 0 Å². The highest BCUT2D eigenvalue weighted by Crippen LogP contribution is 2.44. The number of carboxylic acids is 1. The molecule has 2 N–H and O–H groups in total. The molecule has 0 heterocycles. The van der Waals surface area contributed by atoms with Crippen molar-refractivity contribution in [2.45, 2.75) is 12.1 Å². The van der Waals surface area contributed by atoms with E-state index in [4.69, 9.17) is 9.84 Å². The number of carbonyl (C=O) groups is 2. The van der Waals surface area contributed by atoms with E-state index in [9.17, 15) is 22.8 Å². The quantitative estimate of drug-likeness (QED) is 0.513. The van der Waals surface area contributed by atoms with Crippen molar-refractivity contribution in [1.82, 2.24) is 5.32 Å². The van der Waals surface area contributed by atoms with Gasteiger partial charge in [0.2, 0.25) is 0 Å². The number of hydrogen-bond donors (Lipinski definition) is 2. The Bertz CT molecular complexity index is 1280. The fourth-order valence-electron chi connectivity index (χ4n) is 3.90. The number of fused-ring (bicyclic) bond motifs is 3. The van der Waals surface area contributed by atoms with Crippen molar-refractivity contribution in [3.63, 3.8) is 0 Å². The number of rotatable bonds is 4. The first-order chi connectivity index (χ1) is 16.2. The summed E-state index contributed by atoms with van der Waals surface area (Å²) >= 11 is 0. The Labute approximate surface area is 193 Å². The highest BCUT2D eigenvalue weighted by molar-refractivity contribution is 5.88. The van der Waals surface area contributed by atoms with Crippen molar-refractivity contribution < 1.29 is 32.6 Å². The normalized spacial score (nSPS) is 12.2. The lowest BCUT2D eigenvalue weighted by atomic mass is 9.98. The summed E-state index contributed by atoms with van der Waals surface area (Å²) in [7, 11) is 0. The number of hydrogen-bond acceptors (Lipinski definition) is 3. The molecule has 34 heavy (non-hydrogen) atoms. The van der Waals surface area contributed by atoms with Crippen molar-refractivity contribution >= 4 is 12.1 Å². The number of amides is 1. The van der Waals surface area contributed by atoms with Crippen LogP contribution in [0.25, 0.3) is 11.1 Å². The Balaban J connectivity index is 1.38. The Morgan fingerprint density at radius 2 is 1.59 bits per heavy atom. The van der Waals surface area contributed by atoms with Gasteiger partial charge in [-0.2, -0.15) is 13.2 Å². The molecule has 0 atom stereocenters. The van der Waals surface area contributed by atoms with Crippen LogP contribution in [0.2, 0.25) is 0 Å². The maximum atomic E-state index is 13.0. The van der Waals surface area contributed by atoms with Gasteiger partial charge in [0.1, 0.15) is 6.61 Å². The molecular formula is C26H18F3NO4. The fourth-order valence-corrected chi connectivity index (χ4v) is 3.90. The summed E-state index contributed by atoms with van der Waals surface area (Å²) in [5.74, 6) is 3.36. The third kappa shape index (κ3) is 4.89. The zero-order valence-corrected chi connectivity index (χ0v) is 17.6. The molecule has 5 nitrogen and oxygen atoms in total. The Hall–Kier alpha value is -4.25. The Morgan fingerprint density at radius 1 is 0.971 bits per heavy atom. The van der Waals surface area contributed by atoms with E-state index in [1.165, 1.54) is 0 Å². The maximum absolute atomic E-state index is 13.0. The zero-order chi connectivity index (χ0) is 24.3. The summed E-state index contributed by atoms with van der Waals surface area (Å²) in [6.45, 7) is -0.0712. The summed E-state index contributed by atoms with van der Waals surface area (Å²) in [5.41, 5.74) is 2.57. The van der Waals surface area contributed by atoms with Crippen LogP contribution in [0, 0.1) is 11.8 Å². The summed E-state index contributed by atoms with van der Waals surface area (Å²) in [6, 6.07) is 18.1. The van der Waals surface area contributed by atoms with Gasteiger partial charge in [-0.1, -0.05) is 60.4 Å². The zero-order valence-electron chi connectivity index (χ0n) is 17.6. The predicted molar refractivity (Wildman–Crippen MR) is 118 cm³/mol. The van der Waals surface area contributed by atoms with Crippen molar-refractivity contribution in [2.75, 3.05) is 13.2 Å². The van der Waals surface area contributed by atoms with Gasteiger partial charge in [0.05, 0.1) is 17.7 Å². The van der Waals surface area contributed by atoms with Crippen LogP contribution in [0.5, 0.6) is 0 Å². The molecule has 0 spiro atoms. The van der Waals surface area contributed by atoms with Gasteiger partial charge >= 0.3 is 18.2 Å². The first-order valence-corrected chi connectivity index (χ1v) is 10.3. The minimum absolute atomic E-state index is 0.108. The summed E-state index contributed by atoms with van der Waals surface area (Å²) in [5, 5.41) is 11.5. The third-order valence-electron chi connectivity index (χ3n) is 5.40. The van der Waals surface area contributed by atoms with Crippen molar-refractivity contribution in [1.29, 1.82) is 0 Å². The number of halogens is 3. The highest BCUT2D eigenvalue weighted by Gasteiger charge is 2.32. The maximum Gasteiger partial charge on any atom is 0.416 e. The molecule has 4 rings (SSSR count). The monoisotopic (exact) mass is 465 g/mol. The van der Waals surface area contributed by atoms with Gasteiger partial charge in [0.15, 0.2) is 0 Å². The standard InChI is InChI=1S/C26H18F3NO4/c27-26(28,29)18-13-16(12-17(14-18)24(31)32)6-5-11-30-25(33)34-15-23-21-9-3-1-7-19(21)20-8-2-4-10-22(20)23/h1-4,7-10,12-14,23H,11,15H2,(H,30,33)(H,31,32). The van der Waals surface area contributed by atoms with Crippen LogP contribution in [0.1, 0.15) is 38.5 Å². The molecule has 172 valence electrons. The van der Waals surface area contributed by atoms with Gasteiger partial charge in [0.25, 0.3) is 0 Å². The van der Waals surface area contributed by atoms with E-state index in [1.54, 1.807) is 0 Å². The van der Waals surface area contributed by atoms with Crippen LogP contribution >= 0.6 is 0 Å². The first-order valence-electron chi connectivity index (χ1n) is 10.3. The largest absolute Gasteiger partial charge is 0.478 e. The lowest BCUT2D eigenvalue weighted by Crippen LogP contribution is -2.26. The van der Waals surface area contributed by atoms with E-state index in [1.807, 2.05) is 48.5 Å². The number of alkyl halides is 3. The third-order valence-corrected chi connectivity index (χ3v) is 5.40. The van der Waals surface area contributed by atoms with E-state index >= 15 is 0 Å². The number of alkyl carbamates (subject to hydrolysis) is 1. The van der Waals surface area contributed by atoms with Gasteiger partial charge in [-0.3, -0.25) is 0 Å². The van der Waals surface area contributed by atoms with Crippen molar-refractivity contribution in [3.05, 3.63) is 94.5 Å². The molecule has 1 amide bonds. The summed E-state index contributed by atoms with van der Waals surface area (Å²) in [4.78, 5) is 23.2. The molecular weight excluding hydrogens is 447 g/mol. The van der Waals surface area contributed by atoms with E-state index in [0.717, 1.165) is 34.4 Å². The van der Waals surface area contributed by atoms with Crippen LogP contribution < -0.4 is 5.32 Å². The van der Waals surface area contributed by atoms with Gasteiger partial charge < -0.3 is 15.2 Å². The predicted octanol–water partition coefficient (Wildman–Crippen LogP) is 5.29. The Morgan fingerprint density at radius 3 is 2.18 bits per heavy atom. The molecule has 0 aromatic heterocycles. The molecule has 8 heteroatoms. The molecule has 0 radical (unpaired) electrons. The summed E-state index contributed by atoms with van der Waals surface area (Å²) in [6.07, 6.45) is -5.42. The molecule has 0 fully saturated rings. The summed E-state index contributed by atoms with van der Waals surface area (Å²) < 4.78 is 44.3. The lowest BCUT2D eigenvalue weighted by molar-refractivity contribution is -0.137. The second-order valence-corrected chi connectivity index (χ2v) is 7.58. The molecule has 0 unspecified atom stereocenters. The minimum Gasteiger partial charge on any atom is -0.478 e. The van der Waals surface area contributed by atoms with Gasteiger partial charge in [-0.05, 0) is 40.5 Å². The smallest absolute Gasteiger partial charge is 0.416 e. The number of ether oxygens (including phenoxy) is 1. The average Bonchev–Trinajstić information content (AvgIpc) is 3.13. The molecule has 3 aromatic rings. The molecule has 1 aliphatic carbocycles. The van der Waals surface area contributed by atoms with E-state index < -0.39 is 29.4 Å². The number of carboxylic acid groups (broad SMARTS) is 1. The topological polar surface area (TPSA) is 75.6 Å². The van der Waals surface area contributed by atoms with Crippen molar-refractivity contribution in [2.24, 2.45) is 0 Å². The van der Waals surface area contributed by atoms with E-state index in [2.05, 4.69) is 17.2 Å². The van der Waals surface area contributed by atoms with Gasteiger partial charge in [-0.25, -0.2) is 9.59 Å². The second kappa shape index (κ2) is 9.32. The molecule has 0 aliphatic heterocycles. The molecule has 1 aliphatic rings. The fraction of sp³-hybridized carbons (Fsp3) is 0.154. The molecule has 0 bridgehead atoms. The number of aromatic carboxylic acids is 1. The van der Waals surface area contributed by atoms with Gasteiger partial charge in [0, 0.05) is 11.5 Å². The van der Waals surface area contributed by atoms with E-state index in [0.29, 0.717) is 6.07 Å². The highest BCUT2D eigenvalue weighted by atomic mass is 19.4. The molecule has 0 saturated heterocycles. The van der Waals surface area contributed by atoms with Crippen LogP contribution in [-0.2, 0) is 10.9 Å².